The highest BCUT2D eigenvalue weighted by atomic mass is 32.1. The minimum atomic E-state index is 0.225. The van der Waals surface area contributed by atoms with Crippen LogP contribution in [0.25, 0.3) is 0 Å². The normalized spacial score (nSPS) is 32.7. The fourth-order valence-electron chi connectivity index (χ4n) is 3.06. The smallest absolute Gasteiger partial charge is 0.100 e. The van der Waals surface area contributed by atoms with E-state index in [9.17, 15) is 0 Å². The van der Waals surface area contributed by atoms with Crippen molar-refractivity contribution in [2.45, 2.75) is 44.6 Å². The van der Waals surface area contributed by atoms with Gasteiger partial charge in [0.1, 0.15) is 6.10 Å². The molecule has 0 N–H and O–H groups in total. The Kier molecular flexibility index (Phi) is 3.66. The van der Waals surface area contributed by atoms with Gasteiger partial charge in [0.2, 0.25) is 0 Å². The van der Waals surface area contributed by atoms with Gasteiger partial charge in [-0.25, -0.2) is 4.98 Å². The lowest BCUT2D eigenvalue weighted by Gasteiger charge is -2.32. The molecule has 0 unspecified atom stereocenters. The van der Waals surface area contributed by atoms with E-state index in [-0.39, 0.29) is 12.2 Å². The zero-order valence-electron chi connectivity index (χ0n) is 11.0. The van der Waals surface area contributed by atoms with Crippen molar-refractivity contribution in [3.8, 4) is 0 Å². The molecule has 0 aliphatic carbocycles. The Balaban J connectivity index is 1.74. The molecule has 100 valence electrons. The Labute approximate surface area is 112 Å². The molecule has 2 aliphatic rings. The number of hydrogen-bond acceptors (Lipinski definition) is 5. The average Bonchev–Trinajstić information content (AvgIpc) is 2.95. The number of thiazole rings is 1. The largest absolute Gasteiger partial charge is 0.377 e. The third-order valence-corrected chi connectivity index (χ3v) is 5.00. The minimum Gasteiger partial charge on any atom is -0.377 e. The molecule has 0 saturated carbocycles. The first-order valence-electron chi connectivity index (χ1n) is 6.57. The van der Waals surface area contributed by atoms with Crippen LogP contribution in [-0.2, 0) is 16.0 Å². The third kappa shape index (κ3) is 2.20. The minimum absolute atomic E-state index is 0.225. The number of nitrogens with zero attached hydrogens (tertiary/aromatic N) is 2. The molecule has 2 fully saturated rings. The van der Waals surface area contributed by atoms with Crippen LogP contribution in [-0.4, -0.2) is 48.4 Å². The van der Waals surface area contributed by atoms with Gasteiger partial charge < -0.3 is 9.47 Å². The van der Waals surface area contributed by atoms with E-state index in [1.54, 1.807) is 18.4 Å². The SMILES string of the molecule is CO[C@@H]1CN(Cc2scnc2C)[C@H]2CCCO[C@@H]12. The van der Waals surface area contributed by atoms with Crippen molar-refractivity contribution in [2.75, 3.05) is 20.3 Å². The predicted octanol–water partition coefficient (Wildman–Crippen LogP) is 1.83. The summed E-state index contributed by atoms with van der Waals surface area (Å²) < 4.78 is 11.5. The Bertz CT molecular complexity index is 409. The lowest BCUT2D eigenvalue weighted by molar-refractivity contribution is -0.0655. The maximum absolute atomic E-state index is 5.91. The maximum atomic E-state index is 5.91. The van der Waals surface area contributed by atoms with Gasteiger partial charge in [-0.15, -0.1) is 11.3 Å². The molecule has 18 heavy (non-hydrogen) atoms. The highest BCUT2D eigenvalue weighted by Crippen LogP contribution is 2.32. The molecule has 1 aromatic rings. The van der Waals surface area contributed by atoms with Crippen LogP contribution < -0.4 is 0 Å². The van der Waals surface area contributed by atoms with E-state index < -0.39 is 0 Å². The van der Waals surface area contributed by atoms with Gasteiger partial charge in [-0.1, -0.05) is 0 Å². The quantitative estimate of drug-likeness (QED) is 0.837. The number of ether oxygens (including phenoxy) is 2. The summed E-state index contributed by atoms with van der Waals surface area (Å²) in [5.74, 6) is 0. The summed E-state index contributed by atoms with van der Waals surface area (Å²) in [6, 6.07) is 0.519. The van der Waals surface area contributed by atoms with Crippen molar-refractivity contribution >= 4 is 11.3 Å². The van der Waals surface area contributed by atoms with Gasteiger partial charge >= 0.3 is 0 Å². The van der Waals surface area contributed by atoms with E-state index in [2.05, 4.69) is 16.8 Å². The van der Waals surface area contributed by atoms with Crippen molar-refractivity contribution in [1.82, 2.24) is 9.88 Å². The van der Waals surface area contributed by atoms with Crippen LogP contribution in [0.4, 0.5) is 0 Å². The number of methoxy groups -OCH3 is 1. The molecule has 0 radical (unpaired) electrons. The molecule has 0 bridgehead atoms. The Morgan fingerprint density at radius 3 is 3.22 bits per heavy atom. The first kappa shape index (κ1) is 12.5. The summed E-state index contributed by atoms with van der Waals surface area (Å²) in [5, 5.41) is 0. The van der Waals surface area contributed by atoms with E-state index in [1.807, 2.05) is 5.51 Å². The zero-order chi connectivity index (χ0) is 12.5. The number of aryl methyl sites for hydroxylation is 1. The van der Waals surface area contributed by atoms with E-state index in [0.717, 1.165) is 31.8 Å². The van der Waals surface area contributed by atoms with Crippen LogP contribution in [0.2, 0.25) is 0 Å². The Morgan fingerprint density at radius 1 is 1.61 bits per heavy atom. The van der Waals surface area contributed by atoms with Gasteiger partial charge in [-0.05, 0) is 19.8 Å². The van der Waals surface area contributed by atoms with Crippen LogP contribution in [0.3, 0.4) is 0 Å². The van der Waals surface area contributed by atoms with Crippen molar-refractivity contribution in [3.05, 3.63) is 16.1 Å². The van der Waals surface area contributed by atoms with E-state index in [4.69, 9.17) is 9.47 Å². The van der Waals surface area contributed by atoms with Gasteiger partial charge in [-0.2, -0.15) is 0 Å². The second-order valence-electron chi connectivity index (χ2n) is 5.11. The summed E-state index contributed by atoms with van der Waals surface area (Å²) in [5.41, 5.74) is 3.10. The number of rotatable bonds is 3. The third-order valence-electron chi connectivity index (χ3n) is 4.08. The fourth-order valence-corrected chi connectivity index (χ4v) is 3.86. The van der Waals surface area contributed by atoms with Crippen LogP contribution >= 0.6 is 11.3 Å². The maximum Gasteiger partial charge on any atom is 0.100 e. The molecule has 2 aliphatic heterocycles. The molecule has 0 aromatic carbocycles. The number of hydrogen-bond donors (Lipinski definition) is 0. The molecule has 4 nitrogen and oxygen atoms in total. The molecule has 0 spiro atoms. The molecule has 3 heterocycles. The summed E-state index contributed by atoms with van der Waals surface area (Å²) in [6.07, 6.45) is 2.87. The van der Waals surface area contributed by atoms with E-state index in [0.29, 0.717) is 6.04 Å². The number of aromatic nitrogens is 1. The van der Waals surface area contributed by atoms with Crippen molar-refractivity contribution in [1.29, 1.82) is 0 Å². The average molecular weight is 268 g/mol. The van der Waals surface area contributed by atoms with Crippen LogP contribution in [0.15, 0.2) is 5.51 Å². The van der Waals surface area contributed by atoms with Crippen molar-refractivity contribution < 1.29 is 9.47 Å². The fraction of sp³-hybridized carbons (Fsp3) is 0.769. The van der Waals surface area contributed by atoms with Gasteiger partial charge in [0.25, 0.3) is 0 Å². The standard InChI is InChI=1S/C13H20N2O2S/c1-9-12(18-8-14-9)7-15-6-11(16-2)13-10(15)4-3-5-17-13/h8,10-11,13H,3-7H2,1-2H3/t10-,11+,13+/m0/s1. The second kappa shape index (κ2) is 5.25. The summed E-state index contributed by atoms with van der Waals surface area (Å²) >= 11 is 1.75. The van der Waals surface area contributed by atoms with Crippen LogP contribution in [0, 0.1) is 6.92 Å². The second-order valence-corrected chi connectivity index (χ2v) is 6.05. The molecule has 1 aromatic heterocycles. The van der Waals surface area contributed by atoms with Crippen LogP contribution in [0.1, 0.15) is 23.4 Å². The highest BCUT2D eigenvalue weighted by Gasteiger charge is 2.44. The zero-order valence-corrected chi connectivity index (χ0v) is 11.8. The highest BCUT2D eigenvalue weighted by molar-refractivity contribution is 7.09. The molecule has 0 amide bonds. The molecule has 5 heteroatoms. The van der Waals surface area contributed by atoms with Gasteiger partial charge in [0.15, 0.2) is 0 Å². The Hall–Kier alpha value is -0.490. The molecular formula is C13H20N2O2S. The Morgan fingerprint density at radius 2 is 2.50 bits per heavy atom. The van der Waals surface area contributed by atoms with Gasteiger partial charge in [0.05, 0.1) is 17.3 Å². The number of likely N-dealkylation sites (tertiary alicyclic amines) is 1. The topological polar surface area (TPSA) is 34.6 Å². The first-order chi connectivity index (χ1) is 8.79. The monoisotopic (exact) mass is 268 g/mol. The van der Waals surface area contributed by atoms with Crippen LogP contribution in [0.5, 0.6) is 0 Å². The van der Waals surface area contributed by atoms with Crippen molar-refractivity contribution in [2.24, 2.45) is 0 Å². The summed E-state index contributed by atoms with van der Waals surface area (Å²) in [6.45, 7) is 4.93. The molecular weight excluding hydrogens is 248 g/mol. The van der Waals surface area contributed by atoms with E-state index in [1.165, 1.54) is 11.3 Å². The molecule has 2 saturated heterocycles. The predicted molar refractivity (Wildman–Crippen MR) is 70.8 cm³/mol. The van der Waals surface area contributed by atoms with Gasteiger partial charge in [0, 0.05) is 37.7 Å². The lowest BCUT2D eigenvalue weighted by atomic mass is 10.0. The summed E-state index contributed by atoms with van der Waals surface area (Å²) in [4.78, 5) is 8.22. The summed E-state index contributed by atoms with van der Waals surface area (Å²) in [7, 11) is 1.79. The van der Waals surface area contributed by atoms with E-state index >= 15 is 0 Å². The lowest BCUT2D eigenvalue weighted by Crippen LogP contribution is -2.41. The first-order valence-corrected chi connectivity index (χ1v) is 7.45. The van der Waals surface area contributed by atoms with Crippen molar-refractivity contribution in [3.63, 3.8) is 0 Å². The molecule has 3 rings (SSSR count). The number of fused-ring (bicyclic) bond motifs is 1. The molecule has 3 atom stereocenters. The van der Waals surface area contributed by atoms with Gasteiger partial charge in [-0.3, -0.25) is 4.90 Å².